The molecule has 1 aromatic carbocycles. The highest BCUT2D eigenvalue weighted by Crippen LogP contribution is 2.18. The van der Waals surface area contributed by atoms with Crippen molar-refractivity contribution in [3.05, 3.63) is 41.3 Å². The Morgan fingerprint density at radius 3 is 2.41 bits per heavy atom. The molecule has 3 N–H and O–H groups in total. The average molecular weight is 254 g/mol. The third kappa shape index (κ3) is 2.45. The van der Waals surface area contributed by atoms with Crippen LogP contribution in [0.2, 0.25) is 0 Å². The van der Waals surface area contributed by atoms with Gasteiger partial charge in [-0.2, -0.15) is 0 Å². The molecule has 2 rings (SSSR count). The molecule has 17 heavy (non-hydrogen) atoms. The van der Waals surface area contributed by atoms with Crippen molar-refractivity contribution in [2.45, 2.75) is 6.23 Å². The van der Waals surface area contributed by atoms with Gasteiger partial charge in [-0.05, 0) is 12.1 Å². The fraction of sp³-hybridized carbons (Fsp3) is 0.100. The summed E-state index contributed by atoms with van der Waals surface area (Å²) < 4.78 is 25.9. The number of carbonyl (C=O) groups is 1. The van der Waals surface area contributed by atoms with Crippen LogP contribution < -0.4 is 10.0 Å². The number of anilines is 1. The van der Waals surface area contributed by atoms with E-state index in [2.05, 4.69) is 10.0 Å². The molecule has 1 atom stereocenters. The van der Waals surface area contributed by atoms with Gasteiger partial charge in [0.1, 0.15) is 4.91 Å². The number of aliphatic hydroxyl groups excluding tert-OH is 1. The average Bonchev–Trinajstić information content (AvgIpc) is 2.59. The number of sulfonamides is 1. The molecule has 0 aromatic heterocycles. The highest BCUT2D eigenvalue weighted by molar-refractivity contribution is 7.96. The number of benzene rings is 1. The minimum Gasteiger partial charge on any atom is -0.369 e. The van der Waals surface area contributed by atoms with E-state index in [9.17, 15) is 18.3 Å². The summed E-state index contributed by atoms with van der Waals surface area (Å²) in [6.07, 6.45) is -0.639. The van der Waals surface area contributed by atoms with Crippen molar-refractivity contribution in [2.75, 3.05) is 4.72 Å². The first-order valence-corrected chi connectivity index (χ1v) is 6.25. The summed E-state index contributed by atoms with van der Waals surface area (Å²) in [6, 6.07) is 8.21. The Kier molecular flexibility index (Phi) is 2.86. The van der Waals surface area contributed by atoms with E-state index in [0.717, 1.165) is 6.08 Å². The molecule has 1 aromatic rings. The monoisotopic (exact) mass is 254 g/mol. The van der Waals surface area contributed by atoms with E-state index in [1.807, 2.05) is 0 Å². The van der Waals surface area contributed by atoms with Crippen LogP contribution in [0, 0.1) is 0 Å². The van der Waals surface area contributed by atoms with Crippen LogP contribution in [-0.4, -0.2) is 25.7 Å². The number of hydrogen-bond acceptors (Lipinski definition) is 4. The molecule has 1 heterocycles. The molecule has 0 saturated carbocycles. The summed E-state index contributed by atoms with van der Waals surface area (Å²) in [5.74, 6) is -0.633. The first-order chi connectivity index (χ1) is 7.99. The van der Waals surface area contributed by atoms with Crippen molar-refractivity contribution in [3.63, 3.8) is 0 Å². The number of hydrogen-bond donors (Lipinski definition) is 3. The van der Waals surface area contributed by atoms with Crippen LogP contribution in [0.15, 0.2) is 41.3 Å². The molecular formula is C10H10N2O4S. The van der Waals surface area contributed by atoms with E-state index >= 15 is 0 Å². The maximum absolute atomic E-state index is 11.8. The molecule has 0 aliphatic carbocycles. The molecule has 1 aliphatic heterocycles. The standard InChI is InChI=1S/C10H10N2O4S/c13-9-6-8(10(14)11-9)17(15,16)12-7-4-2-1-3-5-7/h1-6,10,12,14H,(H,11,13). The third-order valence-corrected chi connectivity index (χ3v) is 3.62. The summed E-state index contributed by atoms with van der Waals surface area (Å²) in [4.78, 5) is 10.5. The molecule has 7 heteroatoms. The van der Waals surface area contributed by atoms with Gasteiger partial charge in [-0.1, -0.05) is 18.2 Å². The van der Waals surface area contributed by atoms with Crippen molar-refractivity contribution >= 4 is 21.6 Å². The van der Waals surface area contributed by atoms with Crippen LogP contribution in [0.25, 0.3) is 0 Å². The quantitative estimate of drug-likeness (QED) is 0.693. The Balaban J connectivity index is 2.27. The van der Waals surface area contributed by atoms with Gasteiger partial charge in [0.05, 0.1) is 0 Å². The molecule has 1 unspecified atom stereocenters. The zero-order valence-corrected chi connectivity index (χ0v) is 9.44. The van der Waals surface area contributed by atoms with Gasteiger partial charge in [0, 0.05) is 11.8 Å². The molecule has 0 spiro atoms. The second-order valence-corrected chi connectivity index (χ2v) is 5.11. The van der Waals surface area contributed by atoms with Crippen molar-refractivity contribution in [2.24, 2.45) is 0 Å². The van der Waals surface area contributed by atoms with Gasteiger partial charge in [0.25, 0.3) is 10.0 Å². The smallest absolute Gasteiger partial charge is 0.262 e. The van der Waals surface area contributed by atoms with Gasteiger partial charge < -0.3 is 10.4 Å². The van der Waals surface area contributed by atoms with E-state index in [1.54, 1.807) is 30.3 Å². The summed E-state index contributed by atoms with van der Waals surface area (Å²) in [7, 11) is -3.92. The van der Waals surface area contributed by atoms with E-state index < -0.39 is 22.2 Å². The summed E-state index contributed by atoms with van der Waals surface area (Å²) in [6.45, 7) is 0. The largest absolute Gasteiger partial charge is 0.369 e. The number of amides is 1. The Labute approximate surface area is 98.0 Å². The minimum absolute atomic E-state index is 0.361. The molecule has 6 nitrogen and oxygen atoms in total. The van der Waals surface area contributed by atoms with E-state index in [-0.39, 0.29) is 4.91 Å². The lowest BCUT2D eigenvalue weighted by Gasteiger charge is -2.11. The van der Waals surface area contributed by atoms with Crippen LogP contribution in [0.4, 0.5) is 5.69 Å². The van der Waals surface area contributed by atoms with Gasteiger partial charge in [0.2, 0.25) is 5.91 Å². The molecule has 0 fully saturated rings. The van der Waals surface area contributed by atoms with Crippen molar-refractivity contribution in [1.29, 1.82) is 0 Å². The highest BCUT2D eigenvalue weighted by Gasteiger charge is 2.31. The molecular weight excluding hydrogens is 244 g/mol. The molecule has 0 bridgehead atoms. The van der Waals surface area contributed by atoms with Crippen molar-refractivity contribution in [1.82, 2.24) is 5.32 Å². The van der Waals surface area contributed by atoms with Crippen LogP contribution in [0.1, 0.15) is 0 Å². The lowest BCUT2D eigenvalue weighted by Crippen LogP contribution is -2.31. The normalized spacial score (nSPS) is 19.7. The van der Waals surface area contributed by atoms with Gasteiger partial charge in [0.15, 0.2) is 6.23 Å². The van der Waals surface area contributed by atoms with Crippen LogP contribution in [0.5, 0.6) is 0 Å². The predicted octanol–water partition coefficient (Wildman–Crippen LogP) is -0.240. The van der Waals surface area contributed by atoms with Gasteiger partial charge in [-0.15, -0.1) is 0 Å². The Morgan fingerprint density at radius 1 is 1.24 bits per heavy atom. The molecule has 1 amide bonds. The fourth-order valence-corrected chi connectivity index (χ4v) is 2.58. The number of nitrogens with one attached hydrogen (secondary N) is 2. The first-order valence-electron chi connectivity index (χ1n) is 4.77. The zero-order chi connectivity index (χ0) is 12.5. The minimum atomic E-state index is -3.92. The Morgan fingerprint density at radius 2 is 1.88 bits per heavy atom. The lowest BCUT2D eigenvalue weighted by molar-refractivity contribution is -0.117. The second kappa shape index (κ2) is 4.19. The number of carbonyl (C=O) groups excluding carboxylic acids is 1. The van der Waals surface area contributed by atoms with Crippen LogP contribution in [0.3, 0.4) is 0 Å². The fourth-order valence-electron chi connectivity index (χ4n) is 1.40. The number of rotatable bonds is 3. The molecule has 1 aliphatic rings. The third-order valence-electron chi connectivity index (χ3n) is 2.16. The van der Waals surface area contributed by atoms with Gasteiger partial charge in [-0.25, -0.2) is 8.42 Å². The maximum Gasteiger partial charge on any atom is 0.262 e. The highest BCUT2D eigenvalue weighted by atomic mass is 32.2. The topological polar surface area (TPSA) is 95.5 Å². The van der Waals surface area contributed by atoms with E-state index in [4.69, 9.17) is 0 Å². The SMILES string of the molecule is O=C1C=C(S(=O)(=O)Nc2ccccc2)C(O)N1. The lowest BCUT2D eigenvalue weighted by atomic mass is 10.3. The molecule has 0 saturated heterocycles. The van der Waals surface area contributed by atoms with Gasteiger partial charge >= 0.3 is 0 Å². The Bertz CT molecular complexity index is 565. The van der Waals surface area contributed by atoms with Crippen LogP contribution in [-0.2, 0) is 14.8 Å². The van der Waals surface area contributed by atoms with Crippen LogP contribution >= 0.6 is 0 Å². The number of para-hydroxylation sites is 1. The maximum atomic E-state index is 11.8. The van der Waals surface area contributed by atoms with Gasteiger partial charge in [-0.3, -0.25) is 9.52 Å². The molecule has 90 valence electrons. The van der Waals surface area contributed by atoms with Crippen molar-refractivity contribution < 1.29 is 18.3 Å². The predicted molar refractivity (Wildman–Crippen MR) is 61.2 cm³/mol. The van der Waals surface area contributed by atoms with E-state index in [1.165, 1.54) is 0 Å². The molecule has 0 radical (unpaired) electrons. The van der Waals surface area contributed by atoms with Crippen molar-refractivity contribution in [3.8, 4) is 0 Å². The Hall–Kier alpha value is -1.86. The summed E-state index contributed by atoms with van der Waals surface area (Å²) in [5.41, 5.74) is 0.361. The first kappa shape index (κ1) is 11.6. The number of aliphatic hydroxyl groups is 1. The summed E-state index contributed by atoms with van der Waals surface area (Å²) in [5, 5.41) is 11.4. The second-order valence-electron chi connectivity index (χ2n) is 3.43. The zero-order valence-electron chi connectivity index (χ0n) is 8.62. The van der Waals surface area contributed by atoms with E-state index in [0.29, 0.717) is 5.69 Å². The summed E-state index contributed by atoms with van der Waals surface area (Å²) >= 11 is 0.